The lowest BCUT2D eigenvalue weighted by Gasteiger charge is -2.22. The van der Waals surface area contributed by atoms with E-state index in [0.717, 1.165) is 12.8 Å². The predicted molar refractivity (Wildman–Crippen MR) is 191 cm³/mol. The first-order chi connectivity index (χ1) is 21.7. The molecule has 0 bridgehead atoms. The predicted octanol–water partition coefficient (Wildman–Crippen LogP) is 11.6. The van der Waals surface area contributed by atoms with Crippen LogP contribution in [0.15, 0.2) is 127 Å². The number of rotatable bonds is 5. The summed E-state index contributed by atoms with van der Waals surface area (Å²) in [5, 5.41) is 6.56. The molecule has 0 saturated carbocycles. The fourth-order valence-electron chi connectivity index (χ4n) is 7.57. The minimum atomic E-state index is 0.606. The molecule has 3 aromatic heterocycles. The number of aromatic nitrogens is 2. The van der Waals surface area contributed by atoms with E-state index in [2.05, 4.69) is 144 Å². The van der Waals surface area contributed by atoms with Crippen LogP contribution in [0, 0.1) is 5.92 Å². The number of hydrogen-bond acceptors (Lipinski definition) is 1. The Bertz CT molecular complexity index is 2450. The van der Waals surface area contributed by atoms with Gasteiger partial charge in [-0.15, -0.1) is 17.9 Å². The summed E-state index contributed by atoms with van der Waals surface area (Å²) in [6, 6.07) is 40.4. The molecule has 8 aromatic rings. The molecule has 1 aliphatic rings. The third-order valence-electron chi connectivity index (χ3n) is 9.72. The van der Waals surface area contributed by atoms with Gasteiger partial charge in [-0.25, -0.2) is 0 Å². The van der Waals surface area contributed by atoms with E-state index in [1.54, 1.807) is 0 Å². The van der Waals surface area contributed by atoms with Crippen molar-refractivity contribution < 1.29 is 0 Å². The van der Waals surface area contributed by atoms with Crippen LogP contribution in [0.2, 0.25) is 0 Å². The Labute approximate surface area is 260 Å². The first-order valence-electron chi connectivity index (χ1n) is 15.6. The zero-order valence-corrected chi connectivity index (χ0v) is 25.6. The van der Waals surface area contributed by atoms with Gasteiger partial charge in [-0.3, -0.25) is 0 Å². The van der Waals surface area contributed by atoms with Crippen LogP contribution in [0.25, 0.3) is 71.1 Å². The Morgan fingerprint density at radius 3 is 2.05 bits per heavy atom. The van der Waals surface area contributed by atoms with Gasteiger partial charge in [-0.1, -0.05) is 72.3 Å². The third-order valence-corrected chi connectivity index (χ3v) is 10.9. The maximum atomic E-state index is 3.96. The Morgan fingerprint density at radius 1 is 0.682 bits per heavy atom. The lowest BCUT2D eigenvalue weighted by atomic mass is 9.83. The Kier molecular flexibility index (Phi) is 5.73. The molecule has 9 rings (SSSR count). The zero-order chi connectivity index (χ0) is 29.4. The molecule has 1 aliphatic carbocycles. The molecule has 0 radical (unpaired) electrons. The highest BCUT2D eigenvalue weighted by atomic mass is 32.1. The molecule has 0 aliphatic heterocycles. The van der Waals surface area contributed by atoms with Gasteiger partial charge in [0.15, 0.2) is 0 Å². The number of para-hydroxylation sites is 3. The summed E-state index contributed by atoms with van der Waals surface area (Å²) >= 11 is 1.94. The Hall–Kier alpha value is -4.86. The Balaban J connectivity index is 1.30. The third kappa shape index (κ3) is 3.72. The van der Waals surface area contributed by atoms with E-state index in [1.807, 2.05) is 11.3 Å². The molecule has 2 nitrogen and oxygen atoms in total. The van der Waals surface area contributed by atoms with Gasteiger partial charge in [0.05, 0.1) is 22.1 Å². The summed E-state index contributed by atoms with van der Waals surface area (Å²) in [6.45, 7) is 6.26. The minimum Gasteiger partial charge on any atom is -0.309 e. The molecule has 44 heavy (non-hydrogen) atoms. The van der Waals surface area contributed by atoms with E-state index < -0.39 is 0 Å². The molecular weight excluding hydrogens is 553 g/mol. The van der Waals surface area contributed by atoms with Gasteiger partial charge in [-0.2, -0.15) is 0 Å². The highest BCUT2D eigenvalue weighted by Crippen LogP contribution is 2.43. The van der Waals surface area contributed by atoms with Crippen molar-refractivity contribution in [3.05, 3.63) is 138 Å². The van der Waals surface area contributed by atoms with Crippen LogP contribution in [0.3, 0.4) is 0 Å². The standard InChI is InChI=1S/C41H32N2S/c1-3-4-12-27-22-35-32-20-19-29(23-41(32)44-40(35)21-26(27)2)43-37-18-11-9-16-31(37)34-24-33-30-15-8-10-17-36(30)42(38(33)25-39(34)43)28-13-6-5-7-14-28/h3,5-11,13-21,23-25,27H,1,4,12,22H2,2H3. The van der Waals surface area contributed by atoms with Crippen LogP contribution in [0.5, 0.6) is 0 Å². The molecule has 0 saturated heterocycles. The lowest BCUT2D eigenvalue weighted by Crippen LogP contribution is -2.10. The van der Waals surface area contributed by atoms with Crippen LogP contribution >= 0.6 is 11.3 Å². The molecule has 0 spiro atoms. The average molecular weight is 585 g/mol. The fourth-order valence-corrected chi connectivity index (χ4v) is 8.85. The molecule has 3 heterocycles. The molecule has 1 unspecified atom stereocenters. The molecule has 5 aromatic carbocycles. The van der Waals surface area contributed by atoms with E-state index >= 15 is 0 Å². The van der Waals surface area contributed by atoms with Crippen molar-refractivity contribution >= 4 is 71.1 Å². The second-order valence-electron chi connectivity index (χ2n) is 12.2. The molecule has 3 heteroatoms. The first kappa shape index (κ1) is 25.6. The van der Waals surface area contributed by atoms with Crippen molar-refractivity contribution in [2.45, 2.75) is 26.2 Å². The summed E-state index contributed by atoms with van der Waals surface area (Å²) in [7, 11) is 0. The maximum absolute atomic E-state index is 3.96. The molecule has 0 N–H and O–H groups in total. The van der Waals surface area contributed by atoms with Gasteiger partial charge in [0.25, 0.3) is 0 Å². The fraction of sp³-hybridized carbons (Fsp3) is 0.122. The van der Waals surface area contributed by atoms with Gasteiger partial charge in [-0.05, 0) is 97.7 Å². The molecular formula is C41H32N2S. The number of thiophene rings is 1. The van der Waals surface area contributed by atoms with Crippen molar-refractivity contribution in [3.8, 4) is 11.4 Å². The van der Waals surface area contributed by atoms with Crippen molar-refractivity contribution in [1.29, 1.82) is 0 Å². The van der Waals surface area contributed by atoms with Crippen molar-refractivity contribution in [2.75, 3.05) is 0 Å². The van der Waals surface area contributed by atoms with Gasteiger partial charge >= 0.3 is 0 Å². The second-order valence-corrected chi connectivity index (χ2v) is 13.3. The van der Waals surface area contributed by atoms with Crippen LogP contribution in [0.4, 0.5) is 0 Å². The average Bonchev–Trinajstić information content (AvgIpc) is 3.69. The van der Waals surface area contributed by atoms with E-state index in [1.165, 1.54) is 87.5 Å². The van der Waals surface area contributed by atoms with Crippen molar-refractivity contribution in [2.24, 2.45) is 5.92 Å². The monoisotopic (exact) mass is 584 g/mol. The van der Waals surface area contributed by atoms with Crippen LogP contribution < -0.4 is 0 Å². The summed E-state index contributed by atoms with van der Waals surface area (Å²) in [6.07, 6.45) is 7.87. The molecule has 1 atom stereocenters. The number of benzene rings is 5. The quantitative estimate of drug-likeness (QED) is 0.178. The van der Waals surface area contributed by atoms with Gasteiger partial charge in [0, 0.05) is 42.5 Å². The summed E-state index contributed by atoms with van der Waals surface area (Å²) < 4.78 is 6.26. The van der Waals surface area contributed by atoms with Crippen LogP contribution in [0.1, 0.15) is 30.2 Å². The van der Waals surface area contributed by atoms with Crippen molar-refractivity contribution in [3.63, 3.8) is 0 Å². The van der Waals surface area contributed by atoms with Crippen molar-refractivity contribution in [1.82, 2.24) is 9.13 Å². The SMILES string of the molecule is C=CCCC1Cc2c(sc3cc(-n4c5ccccc5c5cc6c7ccccc7n(-c7ccccc7)c6cc54)ccc23)C=C1C. The van der Waals surface area contributed by atoms with E-state index in [4.69, 9.17) is 0 Å². The summed E-state index contributed by atoms with van der Waals surface area (Å²) in [4.78, 5) is 1.43. The van der Waals surface area contributed by atoms with Gasteiger partial charge < -0.3 is 9.13 Å². The Morgan fingerprint density at radius 2 is 1.34 bits per heavy atom. The van der Waals surface area contributed by atoms with Crippen LogP contribution in [-0.4, -0.2) is 9.13 Å². The highest BCUT2D eigenvalue weighted by Gasteiger charge is 2.23. The largest absolute Gasteiger partial charge is 0.309 e. The van der Waals surface area contributed by atoms with Crippen LogP contribution in [-0.2, 0) is 6.42 Å². The summed E-state index contributed by atoms with van der Waals surface area (Å²) in [5.74, 6) is 0.606. The first-order valence-corrected chi connectivity index (χ1v) is 16.4. The van der Waals surface area contributed by atoms with Gasteiger partial charge in [0.1, 0.15) is 0 Å². The second kappa shape index (κ2) is 9.83. The maximum Gasteiger partial charge on any atom is 0.0562 e. The highest BCUT2D eigenvalue weighted by molar-refractivity contribution is 7.20. The topological polar surface area (TPSA) is 9.86 Å². The van der Waals surface area contributed by atoms with E-state index in [9.17, 15) is 0 Å². The molecule has 212 valence electrons. The number of hydrogen-bond donors (Lipinski definition) is 0. The van der Waals surface area contributed by atoms with E-state index in [0.29, 0.717) is 5.92 Å². The zero-order valence-electron chi connectivity index (χ0n) is 24.8. The number of fused-ring (bicyclic) bond motifs is 9. The number of allylic oxidation sites excluding steroid dienone is 2. The van der Waals surface area contributed by atoms with Gasteiger partial charge in [0.2, 0.25) is 0 Å². The minimum absolute atomic E-state index is 0.606. The molecule has 0 amide bonds. The van der Waals surface area contributed by atoms with E-state index in [-0.39, 0.29) is 0 Å². The summed E-state index contributed by atoms with van der Waals surface area (Å²) in [5.41, 5.74) is 10.4. The smallest absolute Gasteiger partial charge is 0.0562 e. The normalized spacial score (nSPS) is 15.0. The number of nitrogens with zero attached hydrogens (tertiary/aromatic N) is 2. The molecule has 0 fully saturated rings. The lowest BCUT2D eigenvalue weighted by molar-refractivity contribution is 0.563.